The summed E-state index contributed by atoms with van der Waals surface area (Å²) in [4.78, 5) is 0. The molecule has 4 aromatic rings. The summed E-state index contributed by atoms with van der Waals surface area (Å²) < 4.78 is 4.29. The summed E-state index contributed by atoms with van der Waals surface area (Å²) in [6.45, 7) is 9.98. The van der Waals surface area contributed by atoms with Gasteiger partial charge in [0, 0.05) is 0 Å². The molecule has 1 aliphatic heterocycles. The van der Waals surface area contributed by atoms with Gasteiger partial charge >= 0.3 is 266 Å². The summed E-state index contributed by atoms with van der Waals surface area (Å²) in [6.07, 6.45) is 7.63. The molecule has 4 bridgehead atoms. The van der Waals surface area contributed by atoms with E-state index < -0.39 is 20.3 Å². The monoisotopic (exact) mass is 640 g/mol. The average Bonchev–Trinajstić information content (AvgIpc) is 3.51. The van der Waals surface area contributed by atoms with E-state index in [4.69, 9.17) is 0 Å². The quantitative estimate of drug-likeness (QED) is 0.180. The Morgan fingerprint density at radius 3 is 1.35 bits per heavy atom. The van der Waals surface area contributed by atoms with Gasteiger partial charge in [-0.1, -0.05) is 0 Å². The number of allylic oxidation sites excluding steroid dienone is 4. The van der Waals surface area contributed by atoms with E-state index in [-0.39, 0.29) is 0 Å². The molecule has 2 unspecified atom stereocenters. The van der Waals surface area contributed by atoms with Gasteiger partial charge in [0.25, 0.3) is 0 Å². The van der Waals surface area contributed by atoms with E-state index in [1.165, 1.54) is 56.2 Å². The van der Waals surface area contributed by atoms with Crippen LogP contribution in [0.15, 0.2) is 108 Å². The SMILES string of the molecule is CCC[CH2][Zr]1([CH2]CCC)[CH]2C(C)=C(CCC3=C(C)[CH]1c1cccc(-c4ccccc4)c13)c1c(-c3ccccc3)cccc12. The number of rotatable bonds is 8. The molecular weight excluding hydrogens is 596 g/mol. The van der Waals surface area contributed by atoms with Crippen molar-refractivity contribution in [1.29, 1.82) is 0 Å². The first kappa shape index (κ1) is 29.0. The molecule has 1 heteroatoms. The van der Waals surface area contributed by atoms with Crippen LogP contribution in [0.4, 0.5) is 0 Å². The minimum atomic E-state index is -3.11. The van der Waals surface area contributed by atoms with Crippen LogP contribution >= 0.6 is 0 Å². The second kappa shape index (κ2) is 12.0. The summed E-state index contributed by atoms with van der Waals surface area (Å²) in [5.41, 5.74) is 19.1. The Morgan fingerprint density at radius 2 is 0.953 bits per heavy atom. The van der Waals surface area contributed by atoms with Crippen LogP contribution in [0.5, 0.6) is 0 Å². The zero-order valence-corrected chi connectivity index (χ0v) is 29.0. The Morgan fingerprint density at radius 1 is 0.535 bits per heavy atom. The number of hydrogen-bond donors (Lipinski definition) is 0. The van der Waals surface area contributed by atoms with E-state index >= 15 is 0 Å². The first-order valence-electron chi connectivity index (χ1n) is 16.9. The van der Waals surface area contributed by atoms with Crippen LogP contribution < -0.4 is 0 Å². The molecule has 4 aromatic carbocycles. The molecule has 0 fully saturated rings. The van der Waals surface area contributed by atoms with Gasteiger partial charge in [-0.15, -0.1) is 0 Å². The van der Waals surface area contributed by atoms with Crippen LogP contribution in [0.1, 0.15) is 95.7 Å². The van der Waals surface area contributed by atoms with Gasteiger partial charge in [-0.3, -0.25) is 0 Å². The normalized spacial score (nSPS) is 20.0. The van der Waals surface area contributed by atoms with Gasteiger partial charge in [-0.05, 0) is 0 Å². The fourth-order valence-electron chi connectivity index (χ4n) is 9.48. The third-order valence-electron chi connectivity index (χ3n) is 11.2. The Kier molecular flexibility index (Phi) is 8.07. The van der Waals surface area contributed by atoms with Crippen LogP contribution in [0, 0.1) is 0 Å². The molecule has 0 spiro atoms. The maximum absolute atomic E-state index is 3.11. The number of fused-ring (bicyclic) bond motifs is 8. The number of benzene rings is 4. The van der Waals surface area contributed by atoms with Gasteiger partial charge in [0.1, 0.15) is 0 Å². The fourth-order valence-corrected chi connectivity index (χ4v) is 28.0. The predicted octanol–water partition coefficient (Wildman–Crippen LogP) is 12.8. The molecule has 0 saturated heterocycles. The molecule has 0 amide bonds. The molecule has 218 valence electrons. The first-order chi connectivity index (χ1) is 21.1. The molecule has 0 radical (unpaired) electrons. The van der Waals surface area contributed by atoms with E-state index in [1.54, 1.807) is 44.5 Å². The molecule has 3 aliphatic rings. The van der Waals surface area contributed by atoms with Crippen molar-refractivity contribution in [2.75, 3.05) is 0 Å². The molecular formula is C42H46Zr. The molecule has 0 aromatic heterocycles. The van der Waals surface area contributed by atoms with Crippen molar-refractivity contribution in [1.82, 2.24) is 0 Å². The van der Waals surface area contributed by atoms with Gasteiger partial charge in [0.15, 0.2) is 0 Å². The molecule has 2 atom stereocenters. The maximum atomic E-state index is 2.57. The zero-order valence-electron chi connectivity index (χ0n) is 26.5. The van der Waals surface area contributed by atoms with Crippen LogP contribution in [0.25, 0.3) is 33.4 Å². The molecule has 7 rings (SSSR count). The molecule has 0 N–H and O–H groups in total. The van der Waals surface area contributed by atoms with Crippen molar-refractivity contribution in [3.63, 3.8) is 0 Å². The van der Waals surface area contributed by atoms with Crippen molar-refractivity contribution >= 4 is 11.1 Å². The number of unbranched alkanes of at least 4 members (excludes halogenated alkanes) is 2. The molecule has 0 saturated carbocycles. The molecule has 1 heterocycles. The van der Waals surface area contributed by atoms with Crippen molar-refractivity contribution in [2.45, 2.75) is 81.7 Å². The average molecular weight is 642 g/mol. The summed E-state index contributed by atoms with van der Waals surface area (Å²) in [5, 5.41) is 0. The Bertz CT molecular complexity index is 1580. The standard InChI is InChI=1S/C34H28.2C4H9.Zr/c1-23-21-27-15-9-17-31(25-11-5-3-6-12-25)33(27)29(23)19-20-30-24(2)22-28-16-10-18-32(34(28)30)26-13-7-4-8-14-26;2*1-3-4-2;/h3-18,21-22H,19-20H2,1-2H3;2*1,3-4H2,2H3;. The zero-order chi connectivity index (χ0) is 29.6. The van der Waals surface area contributed by atoms with E-state index in [2.05, 4.69) is 125 Å². The summed E-state index contributed by atoms with van der Waals surface area (Å²) in [6, 6.07) is 37.2. The third-order valence-corrected chi connectivity index (χ3v) is 26.8. The van der Waals surface area contributed by atoms with E-state index in [9.17, 15) is 0 Å². The van der Waals surface area contributed by atoms with Crippen LogP contribution in [0.3, 0.4) is 0 Å². The first-order valence-corrected chi connectivity index (χ1v) is 23.2. The summed E-state index contributed by atoms with van der Waals surface area (Å²) >= 11 is -3.11. The topological polar surface area (TPSA) is 0 Å². The Hall–Kier alpha value is -2.76. The third kappa shape index (κ3) is 4.65. The van der Waals surface area contributed by atoms with Gasteiger partial charge in [-0.25, -0.2) is 0 Å². The van der Waals surface area contributed by atoms with Crippen LogP contribution in [-0.4, -0.2) is 0 Å². The van der Waals surface area contributed by atoms with Crippen molar-refractivity contribution in [2.24, 2.45) is 0 Å². The van der Waals surface area contributed by atoms with E-state index in [0.717, 1.165) is 12.8 Å². The second-order valence-electron chi connectivity index (χ2n) is 13.4. The predicted molar refractivity (Wildman–Crippen MR) is 183 cm³/mol. The van der Waals surface area contributed by atoms with Gasteiger partial charge < -0.3 is 0 Å². The van der Waals surface area contributed by atoms with E-state index in [0.29, 0.717) is 7.25 Å². The van der Waals surface area contributed by atoms with Crippen molar-refractivity contribution in [3.8, 4) is 22.3 Å². The molecule has 2 aliphatic carbocycles. The number of hydrogen-bond acceptors (Lipinski definition) is 0. The summed E-state index contributed by atoms with van der Waals surface area (Å²) in [7, 11) is 0. The fraction of sp³-hybridized carbons (Fsp3) is 0.333. The summed E-state index contributed by atoms with van der Waals surface area (Å²) in [5.74, 6) is 0. The second-order valence-corrected chi connectivity index (χ2v) is 24.8. The van der Waals surface area contributed by atoms with Gasteiger partial charge in [0.2, 0.25) is 0 Å². The molecule has 0 nitrogen and oxygen atoms in total. The van der Waals surface area contributed by atoms with Crippen LogP contribution in [0.2, 0.25) is 8.26 Å². The minimum absolute atomic E-state index is 0.659. The van der Waals surface area contributed by atoms with E-state index in [1.807, 2.05) is 0 Å². The van der Waals surface area contributed by atoms with Gasteiger partial charge in [0.05, 0.1) is 0 Å². The van der Waals surface area contributed by atoms with Crippen molar-refractivity contribution in [3.05, 3.63) is 130 Å². The Balaban J connectivity index is 1.52. The van der Waals surface area contributed by atoms with Crippen LogP contribution in [-0.2, 0) is 20.3 Å². The molecule has 43 heavy (non-hydrogen) atoms. The van der Waals surface area contributed by atoms with Gasteiger partial charge in [-0.2, -0.15) is 0 Å². The van der Waals surface area contributed by atoms with Crippen molar-refractivity contribution < 1.29 is 20.3 Å². The Labute approximate surface area is 264 Å².